The average Bonchev–Trinajstić information content (AvgIpc) is 2.72. The van der Waals surface area contributed by atoms with Crippen LogP contribution < -0.4 is 5.73 Å². The quantitative estimate of drug-likeness (QED) is 0.786. The van der Waals surface area contributed by atoms with Crippen molar-refractivity contribution < 1.29 is 0 Å². The summed E-state index contributed by atoms with van der Waals surface area (Å²) in [7, 11) is 2.20. The molecular formula is C16H24BrClN2. The van der Waals surface area contributed by atoms with E-state index in [1.54, 1.807) is 0 Å². The number of benzene rings is 1. The molecule has 1 unspecified atom stereocenters. The van der Waals surface area contributed by atoms with E-state index >= 15 is 0 Å². The molecular weight excluding hydrogens is 336 g/mol. The molecule has 1 aliphatic rings. The van der Waals surface area contributed by atoms with Crippen LogP contribution in [0.2, 0.25) is 5.02 Å². The zero-order valence-corrected chi connectivity index (χ0v) is 14.5. The lowest BCUT2D eigenvalue weighted by molar-refractivity contribution is 0.161. The maximum Gasteiger partial charge on any atom is 0.0485 e. The lowest BCUT2D eigenvalue weighted by Crippen LogP contribution is -2.38. The summed E-state index contributed by atoms with van der Waals surface area (Å²) in [6.45, 7) is 0.600. The number of nitrogens with two attached hydrogens (primary N) is 1. The minimum atomic E-state index is 0.197. The van der Waals surface area contributed by atoms with Crippen LogP contribution in [-0.2, 0) is 0 Å². The summed E-state index contributed by atoms with van der Waals surface area (Å²) in [6.07, 6.45) is 7.96. The van der Waals surface area contributed by atoms with Gasteiger partial charge in [0.1, 0.15) is 0 Å². The van der Waals surface area contributed by atoms with E-state index in [-0.39, 0.29) is 6.04 Å². The van der Waals surface area contributed by atoms with Gasteiger partial charge in [-0.05, 0) is 43.7 Å². The van der Waals surface area contributed by atoms with Gasteiger partial charge in [-0.25, -0.2) is 0 Å². The molecule has 0 saturated heterocycles. The lowest BCUT2D eigenvalue weighted by atomic mass is 10.0. The molecule has 2 N–H and O–H groups in total. The number of rotatable bonds is 4. The Hall–Kier alpha value is -0.0900. The van der Waals surface area contributed by atoms with Crippen LogP contribution in [-0.4, -0.2) is 24.5 Å². The predicted octanol–water partition coefficient (Wildman–Crippen LogP) is 4.76. The predicted molar refractivity (Wildman–Crippen MR) is 90.2 cm³/mol. The van der Waals surface area contributed by atoms with Crippen LogP contribution in [0.1, 0.15) is 50.1 Å². The van der Waals surface area contributed by atoms with Gasteiger partial charge in [0, 0.05) is 28.1 Å². The van der Waals surface area contributed by atoms with Crippen LogP contribution >= 0.6 is 27.5 Å². The van der Waals surface area contributed by atoms with Crippen LogP contribution in [0.5, 0.6) is 0 Å². The summed E-state index contributed by atoms with van der Waals surface area (Å²) in [5.74, 6) is 0. The monoisotopic (exact) mass is 358 g/mol. The largest absolute Gasteiger partial charge is 0.329 e. The molecule has 4 heteroatoms. The maximum atomic E-state index is 6.38. The van der Waals surface area contributed by atoms with Gasteiger partial charge in [-0.15, -0.1) is 0 Å². The second kappa shape index (κ2) is 7.79. The minimum absolute atomic E-state index is 0.197. The van der Waals surface area contributed by atoms with E-state index in [2.05, 4.69) is 33.9 Å². The highest BCUT2D eigenvalue weighted by atomic mass is 79.9. The standard InChI is InChI=1S/C16H24BrClN2/c1-20(13-6-4-2-3-5-7-13)16(11-19)14-10-12(17)8-9-15(14)18/h8-10,13,16H,2-7,11,19H2,1H3. The molecule has 2 nitrogen and oxygen atoms in total. The second-order valence-corrected chi connectivity index (χ2v) is 7.05. The molecule has 1 aromatic rings. The Kier molecular flexibility index (Phi) is 6.34. The first kappa shape index (κ1) is 16.3. The molecule has 2 rings (SSSR count). The van der Waals surface area contributed by atoms with Crippen molar-refractivity contribution in [3.8, 4) is 0 Å². The van der Waals surface area contributed by atoms with Gasteiger partial charge in [0.15, 0.2) is 0 Å². The Bertz CT molecular complexity index is 430. The van der Waals surface area contributed by atoms with E-state index in [0.29, 0.717) is 12.6 Å². The first-order chi connectivity index (χ1) is 9.63. The highest BCUT2D eigenvalue weighted by molar-refractivity contribution is 9.10. The van der Waals surface area contributed by atoms with Crippen LogP contribution in [0.15, 0.2) is 22.7 Å². The number of likely N-dealkylation sites (N-methyl/N-ethyl adjacent to an activating group) is 1. The van der Waals surface area contributed by atoms with Crippen LogP contribution in [0.4, 0.5) is 0 Å². The third kappa shape index (κ3) is 3.97. The minimum Gasteiger partial charge on any atom is -0.329 e. The van der Waals surface area contributed by atoms with Gasteiger partial charge in [-0.3, -0.25) is 4.90 Å². The summed E-state index contributed by atoms with van der Waals surface area (Å²) in [5.41, 5.74) is 7.19. The lowest BCUT2D eigenvalue weighted by Gasteiger charge is -2.35. The number of hydrogen-bond donors (Lipinski definition) is 1. The molecule has 0 aliphatic heterocycles. The highest BCUT2D eigenvalue weighted by Crippen LogP contribution is 2.32. The Morgan fingerprint density at radius 1 is 1.30 bits per heavy atom. The SMILES string of the molecule is CN(C1CCCCCC1)C(CN)c1cc(Br)ccc1Cl. The fourth-order valence-electron chi connectivity index (χ4n) is 3.20. The summed E-state index contributed by atoms with van der Waals surface area (Å²) in [6, 6.07) is 6.85. The van der Waals surface area contributed by atoms with E-state index < -0.39 is 0 Å². The van der Waals surface area contributed by atoms with E-state index in [9.17, 15) is 0 Å². The molecule has 1 atom stereocenters. The summed E-state index contributed by atoms with van der Waals surface area (Å²) in [4.78, 5) is 2.44. The summed E-state index contributed by atoms with van der Waals surface area (Å²) >= 11 is 9.92. The van der Waals surface area contributed by atoms with Crippen molar-refractivity contribution >= 4 is 27.5 Å². The number of nitrogens with zero attached hydrogens (tertiary/aromatic N) is 1. The van der Waals surface area contributed by atoms with Crippen LogP contribution in [0.3, 0.4) is 0 Å². The highest BCUT2D eigenvalue weighted by Gasteiger charge is 2.25. The van der Waals surface area contributed by atoms with Gasteiger partial charge in [-0.2, -0.15) is 0 Å². The zero-order chi connectivity index (χ0) is 14.5. The molecule has 20 heavy (non-hydrogen) atoms. The number of hydrogen-bond acceptors (Lipinski definition) is 2. The van der Waals surface area contributed by atoms with Gasteiger partial charge in [0.05, 0.1) is 0 Å². The smallest absolute Gasteiger partial charge is 0.0485 e. The molecule has 0 bridgehead atoms. The topological polar surface area (TPSA) is 29.3 Å². The fourth-order valence-corrected chi connectivity index (χ4v) is 3.82. The van der Waals surface area contributed by atoms with Crippen molar-refractivity contribution in [2.75, 3.05) is 13.6 Å². The van der Waals surface area contributed by atoms with E-state index in [4.69, 9.17) is 17.3 Å². The molecule has 1 fully saturated rings. The van der Waals surface area contributed by atoms with Crippen LogP contribution in [0.25, 0.3) is 0 Å². The fraction of sp³-hybridized carbons (Fsp3) is 0.625. The van der Waals surface area contributed by atoms with Crippen molar-refractivity contribution in [3.63, 3.8) is 0 Å². The van der Waals surface area contributed by atoms with Gasteiger partial charge >= 0.3 is 0 Å². The molecule has 0 radical (unpaired) electrons. The van der Waals surface area contributed by atoms with Crippen molar-refractivity contribution in [2.45, 2.75) is 50.6 Å². The Balaban J connectivity index is 2.19. The molecule has 0 amide bonds. The third-order valence-electron chi connectivity index (χ3n) is 4.43. The Morgan fingerprint density at radius 3 is 2.55 bits per heavy atom. The van der Waals surface area contributed by atoms with Crippen LogP contribution in [0, 0.1) is 0 Å². The molecule has 1 aromatic carbocycles. The van der Waals surface area contributed by atoms with E-state index in [0.717, 1.165) is 15.1 Å². The van der Waals surface area contributed by atoms with E-state index in [1.165, 1.54) is 38.5 Å². The summed E-state index contributed by atoms with van der Waals surface area (Å²) < 4.78 is 1.06. The molecule has 1 aliphatic carbocycles. The molecule has 112 valence electrons. The molecule has 0 heterocycles. The molecule has 0 spiro atoms. The van der Waals surface area contributed by atoms with Crippen molar-refractivity contribution in [1.82, 2.24) is 4.90 Å². The molecule has 1 saturated carbocycles. The maximum absolute atomic E-state index is 6.38. The Labute approximate surface area is 135 Å². The van der Waals surface area contributed by atoms with Crippen molar-refractivity contribution in [2.24, 2.45) is 5.73 Å². The van der Waals surface area contributed by atoms with Gasteiger partial charge in [0.25, 0.3) is 0 Å². The second-order valence-electron chi connectivity index (χ2n) is 5.73. The normalized spacial score (nSPS) is 19.1. The third-order valence-corrected chi connectivity index (χ3v) is 5.27. The van der Waals surface area contributed by atoms with Gasteiger partial charge in [0.2, 0.25) is 0 Å². The first-order valence-electron chi connectivity index (χ1n) is 7.50. The first-order valence-corrected chi connectivity index (χ1v) is 8.67. The number of halogens is 2. The zero-order valence-electron chi connectivity index (χ0n) is 12.1. The average molecular weight is 360 g/mol. The van der Waals surface area contributed by atoms with E-state index in [1.807, 2.05) is 12.1 Å². The van der Waals surface area contributed by atoms with Crippen molar-refractivity contribution in [3.05, 3.63) is 33.3 Å². The van der Waals surface area contributed by atoms with Gasteiger partial charge < -0.3 is 5.73 Å². The molecule has 0 aromatic heterocycles. The Morgan fingerprint density at radius 2 is 1.95 bits per heavy atom. The van der Waals surface area contributed by atoms with Crippen molar-refractivity contribution in [1.29, 1.82) is 0 Å². The summed E-state index contributed by atoms with van der Waals surface area (Å²) in [5, 5.41) is 0.809. The van der Waals surface area contributed by atoms with Gasteiger partial charge in [-0.1, -0.05) is 53.2 Å².